The molecule has 2 N–H and O–H groups in total. The monoisotopic (exact) mass is 449 g/mol. The van der Waals surface area contributed by atoms with Gasteiger partial charge in [0.1, 0.15) is 6.33 Å². The van der Waals surface area contributed by atoms with Crippen LogP contribution in [0.4, 0.5) is 11.6 Å². The van der Waals surface area contributed by atoms with Crippen LogP contribution in [-0.2, 0) is 11.3 Å². The van der Waals surface area contributed by atoms with Crippen LogP contribution in [0.15, 0.2) is 48.8 Å². The number of aromatic nitrogens is 3. The SMILES string of the molecule is CCOC(=O)c1ccc(NC(=S)Nc2ncn(Cc3c(Cl)cccc3Cl)n2)cc1. The minimum absolute atomic E-state index is 0.308. The lowest BCUT2D eigenvalue weighted by Gasteiger charge is -2.09. The molecule has 10 heteroatoms. The van der Waals surface area contributed by atoms with Crippen LogP contribution in [-0.4, -0.2) is 32.5 Å². The highest BCUT2D eigenvalue weighted by atomic mass is 35.5. The molecule has 1 heterocycles. The van der Waals surface area contributed by atoms with E-state index in [0.717, 1.165) is 5.56 Å². The summed E-state index contributed by atoms with van der Waals surface area (Å²) in [6.07, 6.45) is 1.55. The smallest absolute Gasteiger partial charge is 0.338 e. The van der Waals surface area contributed by atoms with Gasteiger partial charge in [-0.15, -0.1) is 5.10 Å². The van der Waals surface area contributed by atoms with Crippen LogP contribution in [0.5, 0.6) is 0 Å². The Kier molecular flexibility index (Phi) is 7.03. The van der Waals surface area contributed by atoms with Crippen LogP contribution in [0.2, 0.25) is 10.0 Å². The van der Waals surface area contributed by atoms with Crippen molar-refractivity contribution in [1.29, 1.82) is 0 Å². The van der Waals surface area contributed by atoms with Gasteiger partial charge in [-0.3, -0.25) is 5.32 Å². The van der Waals surface area contributed by atoms with Crippen LogP contribution in [0.1, 0.15) is 22.8 Å². The Hall–Kier alpha value is -2.68. The van der Waals surface area contributed by atoms with Gasteiger partial charge in [-0.1, -0.05) is 29.3 Å². The Balaban J connectivity index is 1.58. The maximum Gasteiger partial charge on any atom is 0.338 e. The second-order valence-corrected chi connectivity index (χ2v) is 7.07. The topological polar surface area (TPSA) is 81.1 Å². The molecule has 0 atom stereocenters. The third-order valence-corrected chi connectivity index (χ3v) is 4.71. The second kappa shape index (κ2) is 9.69. The van der Waals surface area contributed by atoms with Gasteiger partial charge in [0.05, 0.1) is 18.7 Å². The highest BCUT2D eigenvalue weighted by Gasteiger charge is 2.10. The predicted molar refractivity (Wildman–Crippen MR) is 118 cm³/mol. The first-order valence-electron chi connectivity index (χ1n) is 8.63. The average Bonchev–Trinajstić information content (AvgIpc) is 3.12. The third-order valence-electron chi connectivity index (χ3n) is 3.80. The molecule has 0 aliphatic heterocycles. The summed E-state index contributed by atoms with van der Waals surface area (Å²) in [5, 5.41) is 11.7. The van der Waals surface area contributed by atoms with Crippen molar-refractivity contribution >= 4 is 58.1 Å². The van der Waals surface area contributed by atoms with Crippen molar-refractivity contribution in [2.45, 2.75) is 13.5 Å². The summed E-state index contributed by atoms with van der Waals surface area (Å²) in [7, 11) is 0. The molecule has 2 aromatic carbocycles. The van der Waals surface area contributed by atoms with Gasteiger partial charge < -0.3 is 10.1 Å². The number of nitrogens with one attached hydrogen (secondary N) is 2. The lowest BCUT2D eigenvalue weighted by molar-refractivity contribution is 0.0526. The van der Waals surface area contributed by atoms with Crippen LogP contribution < -0.4 is 10.6 Å². The number of esters is 1. The molecule has 150 valence electrons. The number of nitrogens with zero attached hydrogens (tertiary/aromatic N) is 3. The minimum Gasteiger partial charge on any atom is -0.462 e. The summed E-state index contributed by atoms with van der Waals surface area (Å²) in [5.41, 5.74) is 1.93. The fourth-order valence-electron chi connectivity index (χ4n) is 2.44. The summed E-state index contributed by atoms with van der Waals surface area (Å²) in [5.74, 6) is -0.0399. The van der Waals surface area contributed by atoms with Gasteiger partial charge in [0.25, 0.3) is 0 Å². The summed E-state index contributed by atoms with van der Waals surface area (Å²) >= 11 is 17.7. The second-order valence-electron chi connectivity index (χ2n) is 5.84. The van der Waals surface area contributed by atoms with Gasteiger partial charge >= 0.3 is 5.97 Å². The number of rotatable bonds is 6. The van der Waals surface area contributed by atoms with E-state index in [1.165, 1.54) is 0 Å². The van der Waals surface area contributed by atoms with Crippen molar-refractivity contribution < 1.29 is 9.53 Å². The van der Waals surface area contributed by atoms with E-state index >= 15 is 0 Å². The van der Waals surface area contributed by atoms with Crippen molar-refractivity contribution in [2.75, 3.05) is 17.2 Å². The highest BCUT2D eigenvalue weighted by Crippen LogP contribution is 2.24. The number of hydrogen-bond donors (Lipinski definition) is 2. The van der Waals surface area contributed by atoms with Crippen molar-refractivity contribution in [1.82, 2.24) is 14.8 Å². The van der Waals surface area contributed by atoms with Crippen molar-refractivity contribution in [3.8, 4) is 0 Å². The minimum atomic E-state index is -0.367. The zero-order valence-corrected chi connectivity index (χ0v) is 17.7. The number of benzene rings is 2. The fraction of sp³-hybridized carbons (Fsp3) is 0.158. The lowest BCUT2D eigenvalue weighted by atomic mass is 10.2. The summed E-state index contributed by atoms with van der Waals surface area (Å²) in [6.45, 7) is 2.47. The molecule has 0 aliphatic rings. The summed E-state index contributed by atoms with van der Waals surface area (Å²) < 4.78 is 6.56. The van der Waals surface area contributed by atoms with E-state index in [-0.39, 0.29) is 5.97 Å². The van der Waals surface area contributed by atoms with E-state index in [0.29, 0.717) is 45.5 Å². The van der Waals surface area contributed by atoms with Crippen LogP contribution in [0.3, 0.4) is 0 Å². The summed E-state index contributed by atoms with van der Waals surface area (Å²) in [4.78, 5) is 15.9. The molecule has 0 spiro atoms. The molecule has 0 bridgehead atoms. The standard InChI is InChI=1S/C19H17Cl2N5O2S/c1-2-28-17(27)12-6-8-13(9-7-12)23-19(29)24-18-22-11-26(25-18)10-14-15(20)4-3-5-16(14)21/h3-9,11H,2,10H2,1H3,(H2,23,24,25,29). The Bertz CT molecular complexity index is 1000. The first kappa shape index (κ1) is 21.0. The van der Waals surface area contributed by atoms with Crippen molar-refractivity contribution in [2.24, 2.45) is 0 Å². The molecule has 29 heavy (non-hydrogen) atoms. The number of ether oxygens (including phenoxy) is 1. The molecule has 3 aromatic rings. The van der Waals surface area contributed by atoms with E-state index in [4.69, 9.17) is 40.2 Å². The maximum absolute atomic E-state index is 11.7. The van der Waals surface area contributed by atoms with Gasteiger partial charge in [-0.05, 0) is 55.5 Å². The fourth-order valence-corrected chi connectivity index (χ4v) is 3.17. The molecular weight excluding hydrogens is 433 g/mol. The summed E-state index contributed by atoms with van der Waals surface area (Å²) in [6, 6.07) is 12.1. The van der Waals surface area contributed by atoms with Gasteiger partial charge in [0.2, 0.25) is 5.95 Å². The van der Waals surface area contributed by atoms with Gasteiger partial charge in [0.15, 0.2) is 5.11 Å². The predicted octanol–water partition coefficient (Wildman–Crippen LogP) is 4.62. The van der Waals surface area contributed by atoms with E-state index in [1.807, 2.05) is 0 Å². The molecule has 0 amide bonds. The Morgan fingerprint density at radius 3 is 2.48 bits per heavy atom. The van der Waals surface area contributed by atoms with E-state index in [9.17, 15) is 4.79 Å². The van der Waals surface area contributed by atoms with E-state index in [1.54, 1.807) is 60.4 Å². The molecular formula is C19H17Cl2N5O2S. The van der Waals surface area contributed by atoms with Crippen molar-refractivity contribution in [3.05, 3.63) is 70.0 Å². The first-order chi connectivity index (χ1) is 14.0. The Morgan fingerprint density at radius 2 is 1.83 bits per heavy atom. The lowest BCUT2D eigenvalue weighted by Crippen LogP contribution is -2.20. The quantitative estimate of drug-likeness (QED) is 0.419. The molecule has 0 saturated heterocycles. The van der Waals surface area contributed by atoms with Crippen LogP contribution >= 0.6 is 35.4 Å². The van der Waals surface area contributed by atoms with Crippen molar-refractivity contribution in [3.63, 3.8) is 0 Å². The molecule has 0 fully saturated rings. The highest BCUT2D eigenvalue weighted by molar-refractivity contribution is 7.80. The number of halogens is 2. The van der Waals surface area contributed by atoms with Gasteiger partial charge in [-0.2, -0.15) is 0 Å². The largest absolute Gasteiger partial charge is 0.462 e. The normalized spacial score (nSPS) is 10.4. The Morgan fingerprint density at radius 1 is 1.14 bits per heavy atom. The van der Waals surface area contributed by atoms with E-state index in [2.05, 4.69) is 20.7 Å². The zero-order chi connectivity index (χ0) is 20.8. The molecule has 0 unspecified atom stereocenters. The molecule has 1 aromatic heterocycles. The van der Waals surface area contributed by atoms with E-state index < -0.39 is 0 Å². The van der Waals surface area contributed by atoms with Crippen LogP contribution in [0.25, 0.3) is 0 Å². The van der Waals surface area contributed by atoms with Gasteiger partial charge in [-0.25, -0.2) is 14.5 Å². The number of thiocarbonyl (C=S) groups is 1. The molecule has 0 saturated carbocycles. The average molecular weight is 450 g/mol. The number of carbonyl (C=O) groups is 1. The number of anilines is 2. The maximum atomic E-state index is 11.7. The first-order valence-corrected chi connectivity index (χ1v) is 9.80. The third kappa shape index (κ3) is 5.66. The Labute approximate surface area is 183 Å². The van der Waals surface area contributed by atoms with Crippen LogP contribution in [0, 0.1) is 0 Å². The molecule has 0 radical (unpaired) electrons. The number of hydrogen-bond acceptors (Lipinski definition) is 5. The molecule has 3 rings (SSSR count). The van der Waals surface area contributed by atoms with Gasteiger partial charge in [0, 0.05) is 21.3 Å². The molecule has 7 nitrogen and oxygen atoms in total. The number of carbonyl (C=O) groups excluding carboxylic acids is 1. The molecule has 0 aliphatic carbocycles. The zero-order valence-electron chi connectivity index (χ0n) is 15.4.